The number of carbonyl (C=O) groups excluding carboxylic acids is 2. The first-order valence-electron chi connectivity index (χ1n) is 7.81. The topological polar surface area (TPSA) is 65.2 Å². The molecule has 0 radical (unpaired) electrons. The van der Waals surface area contributed by atoms with E-state index in [-0.39, 0.29) is 18.2 Å². The van der Waals surface area contributed by atoms with Crippen LogP contribution < -0.4 is 5.32 Å². The van der Waals surface area contributed by atoms with Crippen LogP contribution in [0.15, 0.2) is 48.5 Å². The Hall–Kier alpha value is -2.63. The summed E-state index contributed by atoms with van der Waals surface area (Å²) in [5, 5.41) is 4.16. The van der Waals surface area contributed by atoms with Gasteiger partial charge in [-0.1, -0.05) is 41.9 Å². The number of H-pyrrole nitrogens is 1. The van der Waals surface area contributed by atoms with Crippen molar-refractivity contribution < 1.29 is 9.59 Å². The lowest BCUT2D eigenvalue weighted by molar-refractivity contribution is -0.116. The molecule has 0 aliphatic carbocycles. The summed E-state index contributed by atoms with van der Waals surface area (Å²) in [6.07, 6.45) is 0. The van der Waals surface area contributed by atoms with Gasteiger partial charge < -0.3 is 15.2 Å². The van der Waals surface area contributed by atoms with Crippen molar-refractivity contribution in [3.63, 3.8) is 0 Å². The maximum absolute atomic E-state index is 12.9. The van der Waals surface area contributed by atoms with Crippen molar-refractivity contribution in [1.82, 2.24) is 9.88 Å². The van der Waals surface area contributed by atoms with Gasteiger partial charge in [0.25, 0.3) is 0 Å². The molecule has 0 aliphatic heterocycles. The normalized spacial score (nSPS) is 11.0. The molecule has 1 amide bonds. The van der Waals surface area contributed by atoms with Crippen molar-refractivity contribution in [3.05, 3.63) is 64.8 Å². The number of anilines is 1. The van der Waals surface area contributed by atoms with Gasteiger partial charge in [-0.05, 0) is 32.3 Å². The molecular weight excluding hydrogens is 338 g/mol. The molecule has 0 saturated heterocycles. The number of benzene rings is 2. The predicted molar refractivity (Wildman–Crippen MR) is 100 cm³/mol. The smallest absolute Gasteiger partial charge is 0.238 e. The minimum Gasteiger partial charge on any atom is -0.350 e. The Bertz CT molecular complexity index is 932. The second-order valence-electron chi connectivity index (χ2n) is 6.05. The minimum absolute atomic E-state index is 0.187. The molecule has 3 rings (SSSR count). The molecule has 1 aromatic heterocycles. The molecule has 3 aromatic rings. The molecule has 6 heteroatoms. The van der Waals surface area contributed by atoms with Crippen LogP contribution in [0.2, 0.25) is 5.02 Å². The van der Waals surface area contributed by atoms with Crippen LogP contribution in [0.4, 0.5) is 5.69 Å². The third-order valence-corrected chi connectivity index (χ3v) is 3.98. The third-order valence-electron chi connectivity index (χ3n) is 3.75. The number of aromatic amines is 1. The first kappa shape index (κ1) is 17.2. The van der Waals surface area contributed by atoms with Gasteiger partial charge in [-0.15, -0.1) is 0 Å². The molecule has 0 spiro atoms. The van der Waals surface area contributed by atoms with Crippen LogP contribution in [-0.2, 0) is 4.79 Å². The predicted octanol–water partition coefficient (Wildman–Crippen LogP) is 3.55. The number of amides is 1. The van der Waals surface area contributed by atoms with E-state index in [4.69, 9.17) is 11.6 Å². The SMILES string of the molecule is CN(C)CC(=O)Nc1c(C(=O)c2ccccc2)[nH]c2cc(Cl)ccc12. The summed E-state index contributed by atoms with van der Waals surface area (Å²) in [6.45, 7) is 0.221. The lowest BCUT2D eigenvalue weighted by Gasteiger charge is -2.11. The molecule has 2 N–H and O–H groups in total. The number of fused-ring (bicyclic) bond motifs is 1. The number of hydrogen-bond acceptors (Lipinski definition) is 3. The van der Waals surface area contributed by atoms with Crippen LogP contribution in [0.1, 0.15) is 16.1 Å². The van der Waals surface area contributed by atoms with E-state index in [0.717, 1.165) is 5.39 Å². The lowest BCUT2D eigenvalue weighted by atomic mass is 10.1. The lowest BCUT2D eigenvalue weighted by Crippen LogP contribution is -2.27. The summed E-state index contributed by atoms with van der Waals surface area (Å²) in [5.74, 6) is -0.379. The molecular formula is C19H18ClN3O2. The second kappa shape index (κ2) is 7.09. The summed E-state index contributed by atoms with van der Waals surface area (Å²) in [5.41, 5.74) is 2.07. The molecule has 0 aliphatic rings. The Morgan fingerprint density at radius 2 is 1.84 bits per heavy atom. The monoisotopic (exact) mass is 355 g/mol. The van der Waals surface area contributed by atoms with E-state index in [1.165, 1.54) is 0 Å². The number of carbonyl (C=O) groups is 2. The van der Waals surface area contributed by atoms with Crippen LogP contribution in [0, 0.1) is 0 Å². The van der Waals surface area contributed by atoms with Crippen molar-refractivity contribution in [2.24, 2.45) is 0 Å². The summed E-state index contributed by atoms with van der Waals surface area (Å²) in [4.78, 5) is 30.0. The first-order valence-corrected chi connectivity index (χ1v) is 8.19. The van der Waals surface area contributed by atoms with Crippen LogP contribution in [0.5, 0.6) is 0 Å². The van der Waals surface area contributed by atoms with Gasteiger partial charge in [0, 0.05) is 21.5 Å². The fourth-order valence-electron chi connectivity index (χ4n) is 2.67. The van der Waals surface area contributed by atoms with Gasteiger partial charge in [-0.2, -0.15) is 0 Å². The fourth-order valence-corrected chi connectivity index (χ4v) is 2.84. The summed E-state index contributed by atoms with van der Waals surface area (Å²) in [7, 11) is 3.62. The summed E-state index contributed by atoms with van der Waals surface area (Å²) < 4.78 is 0. The molecule has 0 atom stereocenters. The second-order valence-corrected chi connectivity index (χ2v) is 6.48. The van der Waals surface area contributed by atoms with E-state index in [2.05, 4.69) is 10.3 Å². The van der Waals surface area contributed by atoms with Crippen LogP contribution >= 0.6 is 11.6 Å². The van der Waals surface area contributed by atoms with Crippen molar-refractivity contribution >= 4 is 39.9 Å². The highest BCUT2D eigenvalue weighted by Crippen LogP contribution is 2.31. The van der Waals surface area contributed by atoms with Crippen LogP contribution in [-0.4, -0.2) is 42.2 Å². The van der Waals surface area contributed by atoms with Crippen LogP contribution in [0.25, 0.3) is 10.9 Å². The molecule has 2 aromatic carbocycles. The van der Waals surface area contributed by atoms with E-state index in [9.17, 15) is 9.59 Å². The van der Waals surface area contributed by atoms with Crippen molar-refractivity contribution in [3.8, 4) is 0 Å². The number of nitrogens with zero attached hydrogens (tertiary/aromatic N) is 1. The Kier molecular flexibility index (Phi) is 4.88. The van der Waals surface area contributed by atoms with E-state index in [1.54, 1.807) is 47.4 Å². The molecule has 0 saturated carbocycles. The number of aromatic nitrogens is 1. The summed E-state index contributed by atoms with van der Waals surface area (Å²) in [6, 6.07) is 14.2. The minimum atomic E-state index is -0.192. The Labute approximate surface area is 150 Å². The Morgan fingerprint density at radius 3 is 2.52 bits per heavy atom. The molecule has 128 valence electrons. The zero-order chi connectivity index (χ0) is 18.0. The first-order chi connectivity index (χ1) is 12.0. The van der Waals surface area contributed by atoms with Gasteiger partial charge in [0.2, 0.25) is 11.7 Å². The average Bonchev–Trinajstić information content (AvgIpc) is 2.91. The van der Waals surface area contributed by atoms with E-state index < -0.39 is 0 Å². The largest absolute Gasteiger partial charge is 0.350 e. The number of nitrogens with one attached hydrogen (secondary N) is 2. The number of halogens is 1. The Balaban J connectivity index is 2.08. The maximum Gasteiger partial charge on any atom is 0.238 e. The highest BCUT2D eigenvalue weighted by molar-refractivity contribution is 6.31. The fraction of sp³-hybridized carbons (Fsp3) is 0.158. The molecule has 25 heavy (non-hydrogen) atoms. The van der Waals surface area contributed by atoms with Crippen molar-refractivity contribution in [2.75, 3.05) is 26.0 Å². The van der Waals surface area contributed by atoms with Gasteiger partial charge >= 0.3 is 0 Å². The van der Waals surface area contributed by atoms with E-state index in [0.29, 0.717) is 27.5 Å². The quantitative estimate of drug-likeness (QED) is 0.688. The zero-order valence-electron chi connectivity index (χ0n) is 14.0. The maximum atomic E-state index is 12.9. The Morgan fingerprint density at radius 1 is 1.12 bits per heavy atom. The number of ketones is 1. The van der Waals surface area contributed by atoms with Crippen LogP contribution in [0.3, 0.4) is 0 Å². The van der Waals surface area contributed by atoms with E-state index >= 15 is 0 Å². The van der Waals surface area contributed by atoms with Gasteiger partial charge in [0.05, 0.1) is 12.2 Å². The average molecular weight is 356 g/mol. The molecule has 0 unspecified atom stereocenters. The van der Waals surface area contributed by atoms with Gasteiger partial charge in [0.15, 0.2) is 0 Å². The number of rotatable bonds is 5. The standard InChI is InChI=1S/C19H18ClN3O2/c1-23(2)11-16(24)22-17-14-9-8-13(20)10-15(14)21-18(17)19(25)12-6-4-3-5-7-12/h3-10,21H,11H2,1-2H3,(H,22,24). The number of hydrogen-bond donors (Lipinski definition) is 2. The molecule has 5 nitrogen and oxygen atoms in total. The van der Waals surface area contributed by atoms with Gasteiger partial charge in [-0.25, -0.2) is 0 Å². The third kappa shape index (κ3) is 3.73. The molecule has 0 fully saturated rings. The van der Waals surface area contributed by atoms with Crippen molar-refractivity contribution in [1.29, 1.82) is 0 Å². The number of likely N-dealkylation sites (N-methyl/N-ethyl adjacent to an activating group) is 1. The van der Waals surface area contributed by atoms with E-state index in [1.807, 2.05) is 20.2 Å². The molecule has 1 heterocycles. The van der Waals surface area contributed by atoms with Gasteiger partial charge in [-0.3, -0.25) is 9.59 Å². The molecule has 0 bridgehead atoms. The van der Waals surface area contributed by atoms with Gasteiger partial charge in [0.1, 0.15) is 5.69 Å². The highest BCUT2D eigenvalue weighted by atomic mass is 35.5. The van der Waals surface area contributed by atoms with Crippen molar-refractivity contribution in [2.45, 2.75) is 0 Å². The zero-order valence-corrected chi connectivity index (χ0v) is 14.7. The summed E-state index contributed by atoms with van der Waals surface area (Å²) >= 11 is 6.05. The highest BCUT2D eigenvalue weighted by Gasteiger charge is 2.21.